The fourth-order valence-corrected chi connectivity index (χ4v) is 3.68. The van der Waals surface area contributed by atoms with Crippen molar-refractivity contribution in [2.24, 2.45) is 12.1 Å². The van der Waals surface area contributed by atoms with E-state index in [9.17, 15) is 9.90 Å². The number of carbonyl (C=O) groups is 1. The van der Waals surface area contributed by atoms with E-state index in [4.69, 9.17) is 23.2 Å². The molecule has 0 saturated heterocycles. The third kappa shape index (κ3) is 3.19. The van der Waals surface area contributed by atoms with E-state index < -0.39 is 5.91 Å². The number of para-hydroxylation sites is 1. The third-order valence-corrected chi connectivity index (χ3v) is 5.17. The standard InChI is InChI=1S/C21H15Cl2N3O2/c1-26-18-5-3-2-4-14(18)15-8-12(6-7-19(15)26)11-24-25-21(28)13-9-16(22)20(27)17(23)10-13/h2-11,27H,1H3,(H,25,28). The Morgan fingerprint density at radius 2 is 1.71 bits per heavy atom. The molecule has 7 heteroatoms. The molecule has 2 N–H and O–H groups in total. The molecule has 1 aromatic heterocycles. The van der Waals surface area contributed by atoms with Gasteiger partial charge in [-0.05, 0) is 35.9 Å². The Morgan fingerprint density at radius 3 is 2.46 bits per heavy atom. The van der Waals surface area contributed by atoms with E-state index in [1.807, 2.05) is 37.4 Å². The highest BCUT2D eigenvalue weighted by Crippen LogP contribution is 2.32. The quantitative estimate of drug-likeness (QED) is 0.363. The van der Waals surface area contributed by atoms with Gasteiger partial charge >= 0.3 is 0 Å². The molecule has 0 unspecified atom stereocenters. The number of carbonyl (C=O) groups excluding carboxylic acids is 1. The molecule has 0 atom stereocenters. The monoisotopic (exact) mass is 411 g/mol. The van der Waals surface area contributed by atoms with Crippen LogP contribution in [-0.4, -0.2) is 21.8 Å². The highest BCUT2D eigenvalue weighted by atomic mass is 35.5. The molecule has 140 valence electrons. The van der Waals surface area contributed by atoms with Gasteiger partial charge in [0.1, 0.15) is 0 Å². The zero-order valence-corrected chi connectivity index (χ0v) is 16.3. The minimum atomic E-state index is -0.480. The van der Waals surface area contributed by atoms with E-state index in [-0.39, 0.29) is 21.4 Å². The predicted octanol–water partition coefficient (Wildman–Crippen LogP) is 5.11. The Balaban J connectivity index is 1.59. The van der Waals surface area contributed by atoms with Crippen molar-refractivity contribution < 1.29 is 9.90 Å². The second-order valence-electron chi connectivity index (χ2n) is 6.34. The molecule has 0 saturated carbocycles. The Labute approximate surface area is 170 Å². The summed E-state index contributed by atoms with van der Waals surface area (Å²) < 4.78 is 2.14. The number of amides is 1. The van der Waals surface area contributed by atoms with Gasteiger partial charge in [0.05, 0.1) is 16.3 Å². The maximum absolute atomic E-state index is 12.2. The van der Waals surface area contributed by atoms with Crippen LogP contribution in [0.4, 0.5) is 0 Å². The van der Waals surface area contributed by atoms with Gasteiger partial charge in [-0.1, -0.05) is 47.5 Å². The number of halogens is 2. The van der Waals surface area contributed by atoms with E-state index >= 15 is 0 Å². The molecular formula is C21H15Cl2N3O2. The third-order valence-electron chi connectivity index (χ3n) is 4.60. The van der Waals surface area contributed by atoms with Gasteiger partial charge in [-0.25, -0.2) is 5.43 Å². The minimum Gasteiger partial charge on any atom is -0.505 e. The van der Waals surface area contributed by atoms with Crippen LogP contribution in [0, 0.1) is 0 Å². The molecule has 1 heterocycles. The van der Waals surface area contributed by atoms with Crippen molar-refractivity contribution in [3.63, 3.8) is 0 Å². The van der Waals surface area contributed by atoms with Crippen LogP contribution in [0.3, 0.4) is 0 Å². The van der Waals surface area contributed by atoms with Crippen molar-refractivity contribution in [1.82, 2.24) is 9.99 Å². The van der Waals surface area contributed by atoms with Gasteiger partial charge in [0, 0.05) is 34.4 Å². The number of hydrazone groups is 1. The fourth-order valence-electron chi connectivity index (χ4n) is 3.19. The average Bonchev–Trinajstić information content (AvgIpc) is 2.98. The van der Waals surface area contributed by atoms with Crippen molar-refractivity contribution in [3.05, 3.63) is 75.8 Å². The van der Waals surface area contributed by atoms with Crippen LogP contribution >= 0.6 is 23.2 Å². The normalized spacial score (nSPS) is 11.5. The lowest BCUT2D eigenvalue weighted by Crippen LogP contribution is -2.17. The largest absolute Gasteiger partial charge is 0.505 e. The van der Waals surface area contributed by atoms with E-state index in [2.05, 4.69) is 27.2 Å². The lowest BCUT2D eigenvalue weighted by Gasteiger charge is -2.04. The van der Waals surface area contributed by atoms with Crippen molar-refractivity contribution in [3.8, 4) is 5.75 Å². The number of hydrogen-bond donors (Lipinski definition) is 2. The summed E-state index contributed by atoms with van der Waals surface area (Å²) in [5, 5.41) is 15.9. The molecule has 1 amide bonds. The first-order chi connectivity index (χ1) is 13.5. The molecule has 0 spiro atoms. The van der Waals surface area contributed by atoms with Crippen molar-refractivity contribution in [1.29, 1.82) is 0 Å². The summed E-state index contributed by atoms with van der Waals surface area (Å²) in [5.74, 6) is -0.738. The van der Waals surface area contributed by atoms with Gasteiger partial charge in [-0.2, -0.15) is 5.10 Å². The minimum absolute atomic E-state index is 0.00281. The number of benzene rings is 3. The molecule has 0 radical (unpaired) electrons. The number of aromatic hydroxyl groups is 1. The van der Waals surface area contributed by atoms with Crippen LogP contribution < -0.4 is 5.43 Å². The van der Waals surface area contributed by atoms with Crippen LogP contribution in [0.1, 0.15) is 15.9 Å². The second-order valence-corrected chi connectivity index (χ2v) is 7.15. The second kappa shape index (κ2) is 7.19. The summed E-state index contributed by atoms with van der Waals surface area (Å²) in [6.45, 7) is 0. The summed E-state index contributed by atoms with van der Waals surface area (Å²) in [7, 11) is 2.03. The number of nitrogens with one attached hydrogen (secondary N) is 1. The first-order valence-electron chi connectivity index (χ1n) is 8.44. The smallest absolute Gasteiger partial charge is 0.271 e. The topological polar surface area (TPSA) is 66.6 Å². The summed E-state index contributed by atoms with van der Waals surface area (Å²) in [4.78, 5) is 12.2. The zero-order chi connectivity index (χ0) is 19.8. The Kier molecular flexibility index (Phi) is 4.71. The first kappa shape index (κ1) is 18.3. The number of phenolic OH excluding ortho intramolecular Hbond substituents is 1. The number of nitrogens with zero attached hydrogens (tertiary/aromatic N) is 2. The molecule has 0 bridgehead atoms. The number of aryl methyl sites for hydroxylation is 1. The molecular weight excluding hydrogens is 397 g/mol. The SMILES string of the molecule is Cn1c2ccccc2c2cc(C=NNC(=O)c3cc(Cl)c(O)c(Cl)c3)ccc21. The summed E-state index contributed by atoms with van der Waals surface area (Å²) >= 11 is 11.7. The summed E-state index contributed by atoms with van der Waals surface area (Å²) in [6, 6.07) is 16.8. The van der Waals surface area contributed by atoms with E-state index in [0.717, 1.165) is 27.4 Å². The Bertz CT molecular complexity index is 1240. The Morgan fingerprint density at radius 1 is 1.04 bits per heavy atom. The molecule has 4 aromatic rings. The van der Waals surface area contributed by atoms with Gasteiger partial charge in [0.25, 0.3) is 5.91 Å². The average molecular weight is 412 g/mol. The number of rotatable bonds is 3. The van der Waals surface area contributed by atoms with Crippen molar-refractivity contribution in [2.75, 3.05) is 0 Å². The molecule has 5 nitrogen and oxygen atoms in total. The van der Waals surface area contributed by atoms with E-state index in [1.54, 1.807) is 6.21 Å². The van der Waals surface area contributed by atoms with Crippen LogP contribution in [0.2, 0.25) is 10.0 Å². The first-order valence-corrected chi connectivity index (χ1v) is 9.20. The van der Waals surface area contributed by atoms with Gasteiger partial charge in [0.15, 0.2) is 5.75 Å². The molecule has 0 fully saturated rings. The predicted molar refractivity (Wildman–Crippen MR) is 114 cm³/mol. The van der Waals surface area contributed by atoms with Crippen LogP contribution in [0.5, 0.6) is 5.75 Å². The molecule has 0 aliphatic rings. The van der Waals surface area contributed by atoms with Crippen LogP contribution in [0.25, 0.3) is 21.8 Å². The van der Waals surface area contributed by atoms with Crippen LogP contribution in [-0.2, 0) is 7.05 Å². The maximum atomic E-state index is 12.2. The summed E-state index contributed by atoms with van der Waals surface area (Å²) in [6.07, 6.45) is 1.57. The summed E-state index contributed by atoms with van der Waals surface area (Å²) in [5.41, 5.74) is 5.77. The highest BCUT2D eigenvalue weighted by molar-refractivity contribution is 6.37. The number of aromatic nitrogens is 1. The van der Waals surface area contributed by atoms with Crippen molar-refractivity contribution >= 4 is 57.1 Å². The van der Waals surface area contributed by atoms with Crippen LogP contribution in [0.15, 0.2) is 59.7 Å². The van der Waals surface area contributed by atoms with E-state index in [1.165, 1.54) is 12.1 Å². The zero-order valence-electron chi connectivity index (χ0n) is 14.8. The van der Waals surface area contributed by atoms with Gasteiger partial charge in [-0.15, -0.1) is 0 Å². The lowest BCUT2D eigenvalue weighted by atomic mass is 10.1. The van der Waals surface area contributed by atoms with E-state index in [0.29, 0.717) is 0 Å². The number of phenols is 1. The molecule has 0 aliphatic carbocycles. The van der Waals surface area contributed by atoms with Crippen molar-refractivity contribution in [2.45, 2.75) is 0 Å². The maximum Gasteiger partial charge on any atom is 0.271 e. The molecule has 28 heavy (non-hydrogen) atoms. The Hall–Kier alpha value is -3.02. The molecule has 4 rings (SSSR count). The fraction of sp³-hybridized carbons (Fsp3) is 0.0476. The lowest BCUT2D eigenvalue weighted by molar-refractivity contribution is 0.0955. The highest BCUT2D eigenvalue weighted by Gasteiger charge is 2.12. The van der Waals surface area contributed by atoms with Gasteiger partial charge in [0.2, 0.25) is 0 Å². The van der Waals surface area contributed by atoms with Gasteiger partial charge < -0.3 is 9.67 Å². The molecule has 0 aliphatic heterocycles. The number of fused-ring (bicyclic) bond motifs is 3. The number of hydrogen-bond acceptors (Lipinski definition) is 3. The molecule has 3 aromatic carbocycles. The van der Waals surface area contributed by atoms with Gasteiger partial charge in [-0.3, -0.25) is 4.79 Å².